The van der Waals surface area contributed by atoms with Gasteiger partial charge in [0.1, 0.15) is 0 Å². The van der Waals surface area contributed by atoms with Gasteiger partial charge >= 0.3 is 0 Å². The first kappa shape index (κ1) is 18.9. The first-order valence-electron chi connectivity index (χ1n) is 8.58. The molecule has 2 unspecified atom stereocenters. The predicted molar refractivity (Wildman–Crippen MR) is 95.7 cm³/mol. The van der Waals surface area contributed by atoms with Crippen molar-refractivity contribution >= 4 is 11.6 Å². The molecule has 27 heavy (non-hydrogen) atoms. The molecule has 2 atom stereocenters. The number of piperidine rings is 1. The molecular formula is C19H19F2N3O3. The van der Waals surface area contributed by atoms with Crippen LogP contribution in [0.25, 0.3) is 0 Å². The van der Waals surface area contributed by atoms with E-state index in [2.05, 4.69) is 10.6 Å². The monoisotopic (exact) mass is 375 g/mol. The van der Waals surface area contributed by atoms with Crippen LogP contribution in [0.3, 0.4) is 0 Å². The van der Waals surface area contributed by atoms with Gasteiger partial charge in [-0.1, -0.05) is 12.1 Å². The molecule has 1 saturated heterocycles. The highest BCUT2D eigenvalue weighted by molar-refractivity contribution is 5.95. The van der Waals surface area contributed by atoms with E-state index in [-0.39, 0.29) is 23.2 Å². The largest absolute Gasteiger partial charge is 0.347 e. The number of hydrogen-bond acceptors (Lipinski definition) is 4. The molecule has 0 radical (unpaired) electrons. The Morgan fingerprint density at radius 2 is 2.00 bits per heavy atom. The quantitative estimate of drug-likeness (QED) is 0.635. The summed E-state index contributed by atoms with van der Waals surface area (Å²) < 4.78 is 26.8. The van der Waals surface area contributed by atoms with Crippen LogP contribution in [0, 0.1) is 28.7 Å². The summed E-state index contributed by atoms with van der Waals surface area (Å²) in [5, 5.41) is 17.1. The lowest BCUT2D eigenvalue weighted by molar-refractivity contribution is -0.385. The Hall–Kier alpha value is -2.87. The second kappa shape index (κ2) is 7.79. The topological polar surface area (TPSA) is 84.3 Å². The maximum Gasteiger partial charge on any atom is 0.273 e. The lowest BCUT2D eigenvalue weighted by Crippen LogP contribution is -2.50. The highest BCUT2D eigenvalue weighted by Gasteiger charge is 2.29. The third-order valence-corrected chi connectivity index (χ3v) is 4.84. The van der Waals surface area contributed by atoms with Crippen LogP contribution in [-0.4, -0.2) is 30.0 Å². The Balaban J connectivity index is 1.81. The van der Waals surface area contributed by atoms with E-state index >= 15 is 0 Å². The molecule has 3 rings (SSSR count). The van der Waals surface area contributed by atoms with Crippen LogP contribution in [0.4, 0.5) is 14.5 Å². The first-order chi connectivity index (χ1) is 12.9. The van der Waals surface area contributed by atoms with E-state index < -0.39 is 22.5 Å². The number of halogens is 2. The van der Waals surface area contributed by atoms with Crippen molar-refractivity contribution in [2.24, 2.45) is 0 Å². The van der Waals surface area contributed by atoms with Crippen molar-refractivity contribution in [2.75, 3.05) is 13.1 Å². The number of aryl methyl sites for hydroxylation is 1. The Bertz CT molecular complexity index is 888. The minimum Gasteiger partial charge on any atom is -0.347 e. The molecule has 1 amide bonds. The van der Waals surface area contributed by atoms with Gasteiger partial charge in [-0.2, -0.15) is 0 Å². The van der Waals surface area contributed by atoms with E-state index in [1.165, 1.54) is 24.3 Å². The number of carbonyl (C=O) groups is 1. The van der Waals surface area contributed by atoms with Gasteiger partial charge in [-0.15, -0.1) is 0 Å². The minimum absolute atomic E-state index is 0.124. The lowest BCUT2D eigenvalue weighted by atomic mass is 9.85. The van der Waals surface area contributed by atoms with E-state index in [4.69, 9.17) is 0 Å². The third kappa shape index (κ3) is 4.11. The summed E-state index contributed by atoms with van der Waals surface area (Å²) in [6, 6.07) is 7.70. The molecule has 1 aliphatic heterocycles. The van der Waals surface area contributed by atoms with Crippen molar-refractivity contribution in [3.63, 3.8) is 0 Å². The highest BCUT2D eigenvalue weighted by Crippen LogP contribution is 2.27. The number of nitrogens with one attached hydrogen (secondary N) is 2. The molecule has 0 aliphatic carbocycles. The average molecular weight is 375 g/mol. The zero-order chi connectivity index (χ0) is 19.6. The standard InChI is InChI=1S/C19H19F2N3O3/c1-11-2-3-13(9-18(11)24(26)27)19(25)23-17-10-22-7-6-14(17)12-4-5-15(20)16(21)8-12/h2-5,8-9,14,17,22H,6-7,10H2,1H3,(H,23,25). The van der Waals surface area contributed by atoms with Crippen molar-refractivity contribution in [1.29, 1.82) is 0 Å². The van der Waals surface area contributed by atoms with Crippen LogP contribution in [0.15, 0.2) is 36.4 Å². The fraction of sp³-hybridized carbons (Fsp3) is 0.316. The molecule has 0 bridgehead atoms. The molecule has 0 spiro atoms. The summed E-state index contributed by atoms with van der Waals surface area (Å²) >= 11 is 0. The molecule has 142 valence electrons. The van der Waals surface area contributed by atoms with Crippen molar-refractivity contribution < 1.29 is 18.5 Å². The van der Waals surface area contributed by atoms with Gasteiger partial charge in [0.2, 0.25) is 0 Å². The number of nitro benzene ring substituents is 1. The number of benzene rings is 2. The number of rotatable bonds is 4. The summed E-state index contributed by atoms with van der Waals surface area (Å²) in [4.78, 5) is 23.2. The Kier molecular flexibility index (Phi) is 5.46. The van der Waals surface area contributed by atoms with Gasteiger partial charge in [-0.3, -0.25) is 14.9 Å². The molecular weight excluding hydrogens is 356 g/mol. The van der Waals surface area contributed by atoms with E-state index in [1.807, 2.05) is 0 Å². The van der Waals surface area contributed by atoms with Gasteiger partial charge in [-0.05, 0) is 43.7 Å². The van der Waals surface area contributed by atoms with E-state index in [0.29, 0.717) is 30.6 Å². The predicted octanol–water partition coefficient (Wildman–Crippen LogP) is 3.06. The van der Waals surface area contributed by atoms with Crippen molar-refractivity contribution in [3.8, 4) is 0 Å². The maximum absolute atomic E-state index is 13.6. The number of nitro groups is 1. The van der Waals surface area contributed by atoms with Crippen LogP contribution in [0.1, 0.15) is 33.8 Å². The van der Waals surface area contributed by atoms with E-state index in [0.717, 1.165) is 12.1 Å². The van der Waals surface area contributed by atoms with Gasteiger partial charge in [0.05, 0.1) is 4.92 Å². The number of carbonyl (C=O) groups excluding carboxylic acids is 1. The minimum atomic E-state index is -0.926. The van der Waals surface area contributed by atoms with Crippen molar-refractivity contribution in [2.45, 2.75) is 25.3 Å². The molecule has 2 aromatic rings. The fourth-order valence-corrected chi connectivity index (χ4v) is 3.35. The number of nitrogens with zero attached hydrogens (tertiary/aromatic N) is 1. The van der Waals surface area contributed by atoms with Crippen LogP contribution >= 0.6 is 0 Å². The average Bonchev–Trinajstić information content (AvgIpc) is 2.64. The Morgan fingerprint density at radius 1 is 1.22 bits per heavy atom. The maximum atomic E-state index is 13.6. The smallest absolute Gasteiger partial charge is 0.273 e. The molecule has 1 fully saturated rings. The summed E-state index contributed by atoms with van der Waals surface area (Å²) in [5.74, 6) is -2.48. The van der Waals surface area contributed by atoms with Crippen LogP contribution in [0.2, 0.25) is 0 Å². The van der Waals surface area contributed by atoms with Crippen molar-refractivity contribution in [3.05, 3.63) is 74.8 Å². The van der Waals surface area contributed by atoms with Gasteiger partial charge < -0.3 is 10.6 Å². The first-order valence-corrected chi connectivity index (χ1v) is 8.58. The Labute approximate surface area is 154 Å². The summed E-state index contributed by atoms with van der Waals surface area (Å²) in [6.07, 6.45) is 0.643. The van der Waals surface area contributed by atoms with Gasteiger partial charge in [0.15, 0.2) is 11.6 Å². The lowest BCUT2D eigenvalue weighted by Gasteiger charge is -2.33. The SMILES string of the molecule is Cc1ccc(C(=O)NC2CNCCC2c2ccc(F)c(F)c2)cc1[N+](=O)[O-]. The fourth-order valence-electron chi connectivity index (χ4n) is 3.35. The summed E-state index contributed by atoms with van der Waals surface area (Å²) in [5.41, 5.74) is 1.13. The third-order valence-electron chi connectivity index (χ3n) is 4.84. The normalized spacial score (nSPS) is 19.5. The van der Waals surface area contributed by atoms with Crippen LogP contribution < -0.4 is 10.6 Å². The molecule has 1 aliphatic rings. The van der Waals surface area contributed by atoms with Crippen LogP contribution in [-0.2, 0) is 0 Å². The molecule has 6 nitrogen and oxygen atoms in total. The molecule has 8 heteroatoms. The van der Waals surface area contributed by atoms with Gasteiger partial charge in [-0.25, -0.2) is 8.78 Å². The number of hydrogen-bond donors (Lipinski definition) is 2. The van der Waals surface area contributed by atoms with Gasteiger partial charge in [0.25, 0.3) is 11.6 Å². The second-order valence-corrected chi connectivity index (χ2v) is 6.61. The van der Waals surface area contributed by atoms with E-state index in [9.17, 15) is 23.7 Å². The zero-order valence-corrected chi connectivity index (χ0v) is 14.7. The number of amides is 1. The summed E-state index contributed by atoms with van der Waals surface area (Å²) in [6.45, 7) is 2.75. The molecule has 2 aromatic carbocycles. The molecule has 0 saturated carbocycles. The van der Waals surface area contributed by atoms with Crippen molar-refractivity contribution in [1.82, 2.24) is 10.6 Å². The zero-order valence-electron chi connectivity index (χ0n) is 14.7. The highest BCUT2D eigenvalue weighted by atomic mass is 19.2. The second-order valence-electron chi connectivity index (χ2n) is 6.61. The van der Waals surface area contributed by atoms with Gasteiger partial charge in [0, 0.05) is 35.7 Å². The van der Waals surface area contributed by atoms with Crippen LogP contribution in [0.5, 0.6) is 0 Å². The molecule has 1 heterocycles. The summed E-state index contributed by atoms with van der Waals surface area (Å²) in [7, 11) is 0. The van der Waals surface area contributed by atoms with E-state index in [1.54, 1.807) is 6.92 Å². The Morgan fingerprint density at radius 3 is 2.70 bits per heavy atom. The molecule has 2 N–H and O–H groups in total. The molecule has 0 aromatic heterocycles.